The average Bonchev–Trinajstić information content (AvgIpc) is 2.70. The second kappa shape index (κ2) is 8.78. The number of hydrogen-bond donors (Lipinski definition) is 1. The molecule has 0 spiro atoms. The number of rotatable bonds is 5. The monoisotopic (exact) mass is 351 g/mol. The molecule has 0 bridgehead atoms. The molecule has 2 saturated heterocycles. The second-order valence-electron chi connectivity index (χ2n) is 7.31. The van der Waals surface area contributed by atoms with E-state index in [1.807, 2.05) is 0 Å². The lowest BCUT2D eigenvalue weighted by molar-refractivity contribution is 0.0342. The smallest absolute Gasteiger partial charge is 0.0594 e. The van der Waals surface area contributed by atoms with Crippen LogP contribution in [0, 0.1) is 0 Å². The van der Waals surface area contributed by atoms with E-state index < -0.39 is 0 Å². The first kappa shape index (κ1) is 17.7. The van der Waals surface area contributed by atoms with Gasteiger partial charge in [0.25, 0.3) is 0 Å². The molecule has 26 heavy (non-hydrogen) atoms. The van der Waals surface area contributed by atoms with Crippen molar-refractivity contribution in [3.05, 3.63) is 59.7 Å². The number of benzene rings is 2. The molecule has 2 aliphatic heterocycles. The lowest BCUT2D eigenvalue weighted by atomic mass is 10.0. The second-order valence-corrected chi connectivity index (χ2v) is 7.31. The highest BCUT2D eigenvalue weighted by Gasteiger charge is 2.12. The summed E-state index contributed by atoms with van der Waals surface area (Å²) in [5.74, 6) is 0. The normalized spacial score (nSPS) is 19.5. The average molecular weight is 351 g/mol. The van der Waals surface area contributed by atoms with Crippen molar-refractivity contribution in [3.8, 4) is 11.1 Å². The predicted octanol–water partition coefficient (Wildman–Crippen LogP) is 2.59. The molecule has 0 amide bonds. The van der Waals surface area contributed by atoms with E-state index in [1.165, 1.54) is 22.3 Å². The number of morpholine rings is 1. The van der Waals surface area contributed by atoms with Crippen molar-refractivity contribution in [2.75, 3.05) is 52.5 Å². The molecule has 2 fully saturated rings. The van der Waals surface area contributed by atoms with E-state index in [2.05, 4.69) is 63.6 Å². The van der Waals surface area contributed by atoms with E-state index >= 15 is 0 Å². The van der Waals surface area contributed by atoms with E-state index in [0.717, 1.165) is 65.6 Å². The van der Waals surface area contributed by atoms with Crippen molar-refractivity contribution < 1.29 is 4.74 Å². The number of hydrogen-bond acceptors (Lipinski definition) is 4. The van der Waals surface area contributed by atoms with Gasteiger partial charge in [-0.2, -0.15) is 0 Å². The van der Waals surface area contributed by atoms with Gasteiger partial charge in [0, 0.05) is 52.4 Å². The third-order valence-electron chi connectivity index (χ3n) is 5.34. The molecule has 0 unspecified atom stereocenters. The quantitative estimate of drug-likeness (QED) is 0.896. The van der Waals surface area contributed by atoms with Crippen LogP contribution in [0.5, 0.6) is 0 Å². The highest BCUT2D eigenvalue weighted by Crippen LogP contribution is 2.22. The minimum atomic E-state index is 0.855. The lowest BCUT2D eigenvalue weighted by Crippen LogP contribution is -2.42. The first-order valence-corrected chi connectivity index (χ1v) is 9.78. The summed E-state index contributed by atoms with van der Waals surface area (Å²) < 4.78 is 5.45. The van der Waals surface area contributed by atoms with Gasteiger partial charge in [0.15, 0.2) is 0 Å². The highest BCUT2D eigenvalue weighted by molar-refractivity contribution is 5.64. The Morgan fingerprint density at radius 2 is 1.42 bits per heavy atom. The van der Waals surface area contributed by atoms with Gasteiger partial charge in [-0.1, -0.05) is 42.5 Å². The summed E-state index contributed by atoms with van der Waals surface area (Å²) in [6.45, 7) is 10.3. The van der Waals surface area contributed by atoms with E-state index in [0.29, 0.717) is 0 Å². The summed E-state index contributed by atoms with van der Waals surface area (Å²) in [6.07, 6.45) is 0. The molecule has 0 saturated carbocycles. The third-order valence-corrected chi connectivity index (χ3v) is 5.34. The minimum Gasteiger partial charge on any atom is -0.379 e. The molecule has 4 rings (SSSR count). The van der Waals surface area contributed by atoms with Gasteiger partial charge in [-0.05, 0) is 28.3 Å². The molecule has 0 radical (unpaired) electrons. The van der Waals surface area contributed by atoms with Crippen molar-refractivity contribution in [2.45, 2.75) is 13.1 Å². The van der Waals surface area contributed by atoms with Crippen molar-refractivity contribution in [2.24, 2.45) is 0 Å². The van der Waals surface area contributed by atoms with Crippen LogP contribution in [0.2, 0.25) is 0 Å². The summed E-state index contributed by atoms with van der Waals surface area (Å²) in [7, 11) is 0. The maximum absolute atomic E-state index is 5.45. The van der Waals surface area contributed by atoms with Crippen LogP contribution in [0.4, 0.5) is 0 Å². The summed E-state index contributed by atoms with van der Waals surface area (Å²) in [6, 6.07) is 18.1. The van der Waals surface area contributed by atoms with Crippen LogP contribution < -0.4 is 5.32 Å². The van der Waals surface area contributed by atoms with Crippen LogP contribution in [0.15, 0.2) is 48.5 Å². The Bertz CT molecular complexity index is 689. The van der Waals surface area contributed by atoms with Gasteiger partial charge in [0.2, 0.25) is 0 Å². The zero-order valence-electron chi connectivity index (χ0n) is 15.5. The number of piperazine rings is 1. The molecule has 1 N–H and O–H groups in total. The molecule has 2 aromatic carbocycles. The van der Waals surface area contributed by atoms with E-state index in [4.69, 9.17) is 4.74 Å². The van der Waals surface area contributed by atoms with E-state index in [1.54, 1.807) is 0 Å². The fraction of sp³-hybridized carbons (Fsp3) is 0.455. The molecule has 2 aromatic rings. The van der Waals surface area contributed by atoms with Gasteiger partial charge < -0.3 is 10.1 Å². The number of nitrogens with one attached hydrogen (secondary N) is 1. The van der Waals surface area contributed by atoms with Crippen LogP contribution in [-0.2, 0) is 17.8 Å². The number of nitrogens with zero attached hydrogens (tertiary/aromatic N) is 2. The molecular weight excluding hydrogens is 322 g/mol. The molecule has 0 aromatic heterocycles. The summed E-state index contributed by atoms with van der Waals surface area (Å²) >= 11 is 0. The van der Waals surface area contributed by atoms with E-state index in [9.17, 15) is 0 Å². The molecule has 2 heterocycles. The molecule has 4 nitrogen and oxygen atoms in total. The topological polar surface area (TPSA) is 27.7 Å². The van der Waals surface area contributed by atoms with Crippen LogP contribution in [0.3, 0.4) is 0 Å². The largest absolute Gasteiger partial charge is 0.379 e. The van der Waals surface area contributed by atoms with Crippen LogP contribution in [0.1, 0.15) is 11.1 Å². The first-order chi connectivity index (χ1) is 12.9. The third kappa shape index (κ3) is 4.71. The van der Waals surface area contributed by atoms with Crippen molar-refractivity contribution in [3.63, 3.8) is 0 Å². The lowest BCUT2D eigenvalue weighted by Gasteiger charge is -2.27. The summed E-state index contributed by atoms with van der Waals surface area (Å²) in [5, 5.41) is 3.41. The summed E-state index contributed by atoms with van der Waals surface area (Å²) in [5.41, 5.74) is 5.40. The van der Waals surface area contributed by atoms with Crippen molar-refractivity contribution >= 4 is 0 Å². The predicted molar refractivity (Wildman–Crippen MR) is 106 cm³/mol. The summed E-state index contributed by atoms with van der Waals surface area (Å²) in [4.78, 5) is 4.99. The molecular formula is C22H29N3O. The Hall–Kier alpha value is -1.72. The Kier molecular flexibility index (Phi) is 5.97. The number of ether oxygens (including phenoxy) is 1. The van der Waals surface area contributed by atoms with Crippen molar-refractivity contribution in [1.82, 2.24) is 15.1 Å². The zero-order valence-corrected chi connectivity index (χ0v) is 15.5. The Labute approximate surface area is 156 Å². The van der Waals surface area contributed by atoms with Crippen LogP contribution in [0.25, 0.3) is 11.1 Å². The van der Waals surface area contributed by atoms with Gasteiger partial charge in [0.1, 0.15) is 0 Å². The van der Waals surface area contributed by atoms with Gasteiger partial charge >= 0.3 is 0 Å². The highest BCUT2D eigenvalue weighted by atomic mass is 16.5. The minimum absolute atomic E-state index is 0.855. The molecule has 2 aliphatic rings. The Balaban J connectivity index is 1.40. The Morgan fingerprint density at radius 1 is 0.731 bits per heavy atom. The van der Waals surface area contributed by atoms with Gasteiger partial charge in [-0.3, -0.25) is 9.80 Å². The molecule has 0 atom stereocenters. The fourth-order valence-corrected chi connectivity index (χ4v) is 3.80. The van der Waals surface area contributed by atoms with Gasteiger partial charge in [0.05, 0.1) is 13.2 Å². The van der Waals surface area contributed by atoms with Gasteiger partial charge in [-0.15, -0.1) is 0 Å². The van der Waals surface area contributed by atoms with Crippen molar-refractivity contribution in [1.29, 1.82) is 0 Å². The maximum atomic E-state index is 5.45. The first-order valence-electron chi connectivity index (χ1n) is 9.78. The maximum Gasteiger partial charge on any atom is 0.0594 e. The zero-order chi connectivity index (χ0) is 17.6. The SMILES string of the molecule is c1cc(CN2CCOCC2)cc(-c2ccc(CN3CCNCC3)cc2)c1. The van der Waals surface area contributed by atoms with E-state index in [-0.39, 0.29) is 0 Å². The van der Waals surface area contributed by atoms with Crippen LogP contribution >= 0.6 is 0 Å². The molecule has 4 heteroatoms. The fourth-order valence-electron chi connectivity index (χ4n) is 3.80. The molecule has 0 aliphatic carbocycles. The standard InChI is InChI=1S/C22H29N3O/c1-2-20(18-25-12-14-26-15-13-25)16-22(3-1)21-6-4-19(5-7-21)17-24-10-8-23-9-11-24/h1-7,16,23H,8-15,17-18H2. The van der Waals surface area contributed by atoms with Gasteiger partial charge in [-0.25, -0.2) is 0 Å². The van der Waals surface area contributed by atoms with Crippen LogP contribution in [-0.4, -0.2) is 62.3 Å². The Morgan fingerprint density at radius 3 is 2.19 bits per heavy atom. The molecule has 138 valence electrons.